The van der Waals surface area contributed by atoms with Crippen molar-refractivity contribution in [3.05, 3.63) is 27.7 Å². The molecule has 1 N–H and O–H groups in total. The molecule has 0 aliphatic carbocycles. The molecule has 0 saturated carbocycles. The maximum atomic E-state index is 13.6. The Morgan fingerprint density at radius 2 is 2.05 bits per heavy atom. The van der Waals surface area contributed by atoms with Gasteiger partial charge in [0.15, 0.2) is 4.77 Å². The fourth-order valence-corrected chi connectivity index (χ4v) is 2.62. The quantitative estimate of drug-likeness (QED) is 0.849. The maximum Gasteiger partial charge on any atom is 0.178 e. The number of halogens is 2. The summed E-state index contributed by atoms with van der Waals surface area (Å²) in [4.78, 5) is 5.36. The molecule has 0 spiro atoms. The zero-order chi connectivity index (χ0) is 14.0. The molecule has 0 amide bonds. The van der Waals surface area contributed by atoms with E-state index in [0.29, 0.717) is 4.77 Å². The molecule has 0 unspecified atom stereocenters. The van der Waals surface area contributed by atoms with Gasteiger partial charge in [-0.2, -0.15) is 0 Å². The lowest BCUT2D eigenvalue weighted by atomic mass is 10.3. The Labute approximate surface area is 122 Å². The molecule has 1 heterocycles. The standard InChI is InChI=1S/C13H17ClFN3S/c1-3-17(4-2)5-6-18-12-8-10(15)9(14)7-11(12)16-13(18)19/h7-8H,3-6H2,1-2H3,(H,16,19). The van der Waals surface area contributed by atoms with Gasteiger partial charge in [0.1, 0.15) is 5.82 Å². The third-order valence-electron chi connectivity index (χ3n) is 3.35. The van der Waals surface area contributed by atoms with Crippen LogP contribution in [0.1, 0.15) is 13.8 Å². The predicted molar refractivity (Wildman–Crippen MR) is 79.9 cm³/mol. The number of hydrogen-bond acceptors (Lipinski definition) is 2. The molecular weight excluding hydrogens is 285 g/mol. The Morgan fingerprint density at radius 3 is 2.68 bits per heavy atom. The van der Waals surface area contributed by atoms with Crippen LogP contribution in [0.15, 0.2) is 12.1 Å². The Bertz CT molecular complexity index is 631. The summed E-state index contributed by atoms with van der Waals surface area (Å²) >= 11 is 11.1. The average molecular weight is 302 g/mol. The Kier molecular flexibility index (Phi) is 4.60. The highest BCUT2D eigenvalue weighted by Crippen LogP contribution is 2.22. The number of nitrogens with zero attached hydrogens (tertiary/aromatic N) is 2. The monoisotopic (exact) mass is 301 g/mol. The minimum Gasteiger partial charge on any atom is -0.331 e. The van der Waals surface area contributed by atoms with Crippen LogP contribution in [-0.4, -0.2) is 34.1 Å². The Morgan fingerprint density at radius 1 is 1.37 bits per heavy atom. The first-order valence-electron chi connectivity index (χ1n) is 6.36. The summed E-state index contributed by atoms with van der Waals surface area (Å²) in [6.07, 6.45) is 0. The second-order valence-corrected chi connectivity index (χ2v) is 5.19. The molecule has 2 aromatic rings. The van der Waals surface area contributed by atoms with Crippen molar-refractivity contribution >= 4 is 34.9 Å². The van der Waals surface area contributed by atoms with Crippen molar-refractivity contribution in [3.63, 3.8) is 0 Å². The van der Waals surface area contributed by atoms with E-state index in [1.165, 1.54) is 6.07 Å². The summed E-state index contributed by atoms with van der Waals surface area (Å²) in [5.41, 5.74) is 1.54. The topological polar surface area (TPSA) is 24.0 Å². The van der Waals surface area contributed by atoms with Gasteiger partial charge >= 0.3 is 0 Å². The first kappa shape index (κ1) is 14.5. The summed E-state index contributed by atoms with van der Waals surface area (Å²) in [5, 5.41) is 0.111. The summed E-state index contributed by atoms with van der Waals surface area (Å²) in [5.74, 6) is -0.417. The molecule has 19 heavy (non-hydrogen) atoms. The van der Waals surface area contributed by atoms with E-state index in [-0.39, 0.29) is 5.02 Å². The van der Waals surface area contributed by atoms with Crippen LogP contribution in [0.3, 0.4) is 0 Å². The molecule has 0 aliphatic rings. The Balaban J connectivity index is 2.35. The van der Waals surface area contributed by atoms with Crippen LogP contribution < -0.4 is 0 Å². The number of aromatic nitrogens is 2. The van der Waals surface area contributed by atoms with Crippen molar-refractivity contribution in [2.75, 3.05) is 19.6 Å². The highest BCUT2D eigenvalue weighted by Gasteiger charge is 2.09. The lowest BCUT2D eigenvalue weighted by molar-refractivity contribution is 0.291. The normalized spacial score (nSPS) is 11.6. The predicted octanol–water partition coefficient (Wildman–Crippen LogP) is 3.83. The molecule has 0 aliphatic heterocycles. The lowest BCUT2D eigenvalue weighted by Gasteiger charge is -2.18. The zero-order valence-corrected chi connectivity index (χ0v) is 12.6. The van der Waals surface area contributed by atoms with Gasteiger partial charge in [0.2, 0.25) is 0 Å². The molecule has 3 nitrogen and oxygen atoms in total. The van der Waals surface area contributed by atoms with Gasteiger partial charge in [-0.05, 0) is 31.4 Å². The van der Waals surface area contributed by atoms with Gasteiger partial charge in [0.25, 0.3) is 0 Å². The number of H-pyrrole nitrogens is 1. The Hall–Kier alpha value is -0.910. The average Bonchev–Trinajstić information content (AvgIpc) is 2.67. The van der Waals surface area contributed by atoms with Gasteiger partial charge in [0.05, 0.1) is 16.1 Å². The number of hydrogen-bond donors (Lipinski definition) is 1. The molecule has 0 saturated heterocycles. The number of imidazole rings is 1. The number of benzene rings is 1. The van der Waals surface area contributed by atoms with Crippen molar-refractivity contribution < 1.29 is 4.39 Å². The highest BCUT2D eigenvalue weighted by molar-refractivity contribution is 7.71. The van der Waals surface area contributed by atoms with E-state index in [1.54, 1.807) is 6.07 Å². The van der Waals surface area contributed by atoms with Crippen LogP contribution in [0.2, 0.25) is 5.02 Å². The zero-order valence-electron chi connectivity index (χ0n) is 11.0. The van der Waals surface area contributed by atoms with Crippen LogP contribution in [-0.2, 0) is 6.54 Å². The van der Waals surface area contributed by atoms with Crippen LogP contribution in [0, 0.1) is 10.6 Å². The van der Waals surface area contributed by atoms with Gasteiger partial charge in [-0.15, -0.1) is 0 Å². The van der Waals surface area contributed by atoms with E-state index in [0.717, 1.165) is 37.2 Å². The minimum absolute atomic E-state index is 0.111. The lowest BCUT2D eigenvalue weighted by Crippen LogP contribution is -2.27. The molecule has 0 radical (unpaired) electrons. The molecule has 1 aromatic heterocycles. The number of nitrogens with one attached hydrogen (secondary N) is 1. The van der Waals surface area contributed by atoms with Crippen molar-refractivity contribution in [2.24, 2.45) is 0 Å². The third kappa shape index (κ3) is 2.99. The van der Waals surface area contributed by atoms with E-state index in [2.05, 4.69) is 23.7 Å². The van der Waals surface area contributed by atoms with E-state index < -0.39 is 5.82 Å². The first-order chi connectivity index (χ1) is 9.06. The number of fused-ring (bicyclic) bond motifs is 1. The van der Waals surface area contributed by atoms with Crippen molar-refractivity contribution in [2.45, 2.75) is 20.4 Å². The smallest absolute Gasteiger partial charge is 0.178 e. The van der Waals surface area contributed by atoms with Gasteiger partial charge in [-0.3, -0.25) is 0 Å². The molecule has 0 fully saturated rings. The summed E-state index contributed by atoms with van der Waals surface area (Å²) in [6.45, 7) is 7.85. The molecule has 2 rings (SSSR count). The fraction of sp³-hybridized carbons (Fsp3) is 0.462. The van der Waals surface area contributed by atoms with Crippen LogP contribution in [0.25, 0.3) is 11.0 Å². The van der Waals surface area contributed by atoms with Crippen LogP contribution >= 0.6 is 23.8 Å². The van der Waals surface area contributed by atoms with Crippen molar-refractivity contribution in [1.82, 2.24) is 14.5 Å². The SMILES string of the molecule is CCN(CC)CCn1c(=S)[nH]c2cc(Cl)c(F)cc21. The van der Waals surface area contributed by atoms with Gasteiger partial charge < -0.3 is 14.5 Å². The van der Waals surface area contributed by atoms with E-state index in [1.807, 2.05) is 4.57 Å². The summed E-state index contributed by atoms with van der Waals surface area (Å²) in [6, 6.07) is 3.02. The van der Waals surface area contributed by atoms with Crippen LogP contribution in [0.5, 0.6) is 0 Å². The van der Waals surface area contributed by atoms with Crippen LogP contribution in [0.4, 0.5) is 4.39 Å². The summed E-state index contributed by atoms with van der Waals surface area (Å²) < 4.78 is 16.1. The maximum absolute atomic E-state index is 13.6. The van der Waals surface area contributed by atoms with Gasteiger partial charge in [-0.1, -0.05) is 25.4 Å². The number of likely N-dealkylation sites (N-methyl/N-ethyl adjacent to an activating group) is 1. The van der Waals surface area contributed by atoms with Crippen molar-refractivity contribution in [1.29, 1.82) is 0 Å². The third-order valence-corrected chi connectivity index (χ3v) is 3.96. The highest BCUT2D eigenvalue weighted by atomic mass is 35.5. The molecule has 104 valence electrons. The minimum atomic E-state index is -0.417. The fourth-order valence-electron chi connectivity index (χ4n) is 2.16. The first-order valence-corrected chi connectivity index (χ1v) is 7.15. The number of rotatable bonds is 5. The molecule has 0 bridgehead atoms. The second kappa shape index (κ2) is 6.03. The number of aromatic amines is 1. The van der Waals surface area contributed by atoms with E-state index in [9.17, 15) is 4.39 Å². The molecule has 6 heteroatoms. The van der Waals surface area contributed by atoms with Gasteiger partial charge in [0, 0.05) is 19.2 Å². The second-order valence-electron chi connectivity index (χ2n) is 4.39. The largest absolute Gasteiger partial charge is 0.331 e. The molecule has 0 atom stereocenters. The molecular formula is C13H17ClFN3S. The van der Waals surface area contributed by atoms with E-state index in [4.69, 9.17) is 23.8 Å². The van der Waals surface area contributed by atoms with E-state index >= 15 is 0 Å². The van der Waals surface area contributed by atoms with Gasteiger partial charge in [-0.25, -0.2) is 4.39 Å². The molecule has 1 aromatic carbocycles. The van der Waals surface area contributed by atoms with Crippen molar-refractivity contribution in [3.8, 4) is 0 Å². The summed E-state index contributed by atoms with van der Waals surface area (Å²) in [7, 11) is 0.